The van der Waals surface area contributed by atoms with Crippen LogP contribution in [-0.2, 0) is 6.42 Å². The Kier molecular flexibility index (Phi) is 2.78. The second-order valence-electron chi connectivity index (χ2n) is 4.30. The Balaban J connectivity index is 1.90. The molecule has 0 radical (unpaired) electrons. The Bertz CT molecular complexity index is 645. The quantitative estimate of drug-likeness (QED) is 0.759. The van der Waals surface area contributed by atoms with Gasteiger partial charge in [0, 0.05) is 30.2 Å². The van der Waals surface area contributed by atoms with Gasteiger partial charge in [-0.2, -0.15) is 5.10 Å². The van der Waals surface area contributed by atoms with E-state index in [0.717, 1.165) is 23.1 Å². The van der Waals surface area contributed by atoms with E-state index in [4.69, 9.17) is 5.73 Å². The first-order valence-electron chi connectivity index (χ1n) is 5.91. The van der Waals surface area contributed by atoms with E-state index in [1.54, 1.807) is 6.20 Å². The Labute approximate surface area is 105 Å². The highest BCUT2D eigenvalue weighted by Gasteiger charge is 2.12. The van der Waals surface area contributed by atoms with Gasteiger partial charge in [0.15, 0.2) is 0 Å². The van der Waals surface area contributed by atoms with Crippen LogP contribution < -0.4 is 5.73 Å². The molecule has 3 aromatic rings. The lowest BCUT2D eigenvalue weighted by molar-refractivity contribution is 0.725. The molecule has 3 heterocycles. The van der Waals surface area contributed by atoms with Crippen molar-refractivity contribution in [1.29, 1.82) is 0 Å². The van der Waals surface area contributed by atoms with Gasteiger partial charge in [-0.15, -0.1) is 0 Å². The van der Waals surface area contributed by atoms with Gasteiger partial charge in [-0.3, -0.25) is 4.98 Å². The molecule has 0 aliphatic rings. The molecule has 18 heavy (non-hydrogen) atoms. The first kappa shape index (κ1) is 10.9. The van der Waals surface area contributed by atoms with Crippen LogP contribution in [0.2, 0.25) is 0 Å². The van der Waals surface area contributed by atoms with Gasteiger partial charge >= 0.3 is 0 Å². The van der Waals surface area contributed by atoms with E-state index in [2.05, 4.69) is 10.1 Å². The lowest BCUT2D eigenvalue weighted by Gasteiger charge is -2.10. The molecule has 0 fully saturated rings. The summed E-state index contributed by atoms with van der Waals surface area (Å²) in [7, 11) is 0. The van der Waals surface area contributed by atoms with Gasteiger partial charge in [0.1, 0.15) is 0 Å². The molecule has 4 nitrogen and oxygen atoms in total. The van der Waals surface area contributed by atoms with E-state index in [1.807, 2.05) is 53.4 Å². The molecule has 2 N–H and O–H groups in total. The van der Waals surface area contributed by atoms with E-state index in [1.165, 1.54) is 0 Å². The number of aromatic nitrogens is 3. The van der Waals surface area contributed by atoms with Gasteiger partial charge < -0.3 is 5.73 Å². The monoisotopic (exact) mass is 238 g/mol. The lowest BCUT2D eigenvalue weighted by Crippen LogP contribution is -2.13. The van der Waals surface area contributed by atoms with Crippen molar-refractivity contribution in [3.8, 4) is 0 Å². The lowest BCUT2D eigenvalue weighted by atomic mass is 10.0. The molecule has 0 saturated carbocycles. The summed E-state index contributed by atoms with van der Waals surface area (Å²) in [6.45, 7) is 0. The standard InChI is InChI=1S/C14H14N4/c15-13(8-11-4-3-6-16-9-11)12-10-17-18-7-2-1-5-14(12)18/h1-7,9-10,13H,8,15H2. The fourth-order valence-corrected chi connectivity index (χ4v) is 2.12. The highest BCUT2D eigenvalue weighted by atomic mass is 15.2. The molecule has 0 amide bonds. The zero-order chi connectivity index (χ0) is 12.4. The fraction of sp³-hybridized carbons (Fsp3) is 0.143. The minimum absolute atomic E-state index is 0.0610. The maximum atomic E-state index is 6.26. The maximum Gasteiger partial charge on any atom is 0.0709 e. The van der Waals surface area contributed by atoms with Crippen molar-refractivity contribution in [3.05, 3.63) is 66.2 Å². The minimum atomic E-state index is -0.0610. The van der Waals surface area contributed by atoms with Crippen LogP contribution in [-0.4, -0.2) is 14.6 Å². The van der Waals surface area contributed by atoms with Crippen LogP contribution in [0.25, 0.3) is 5.52 Å². The van der Waals surface area contributed by atoms with Crippen LogP contribution in [0.3, 0.4) is 0 Å². The van der Waals surface area contributed by atoms with Gasteiger partial charge in [0.05, 0.1) is 11.7 Å². The summed E-state index contributed by atoms with van der Waals surface area (Å²) < 4.78 is 1.85. The highest BCUT2D eigenvalue weighted by Crippen LogP contribution is 2.20. The minimum Gasteiger partial charge on any atom is -0.324 e. The molecule has 0 aliphatic heterocycles. The van der Waals surface area contributed by atoms with Gasteiger partial charge in [0.2, 0.25) is 0 Å². The molecule has 0 aromatic carbocycles. The molecule has 0 bridgehead atoms. The molecule has 3 aromatic heterocycles. The van der Waals surface area contributed by atoms with Crippen LogP contribution in [0, 0.1) is 0 Å². The van der Waals surface area contributed by atoms with Crippen molar-refractivity contribution in [1.82, 2.24) is 14.6 Å². The van der Waals surface area contributed by atoms with E-state index < -0.39 is 0 Å². The third-order valence-corrected chi connectivity index (χ3v) is 3.03. The fourth-order valence-electron chi connectivity index (χ4n) is 2.12. The van der Waals surface area contributed by atoms with Gasteiger partial charge in [-0.1, -0.05) is 12.1 Å². The number of nitrogens with zero attached hydrogens (tertiary/aromatic N) is 3. The van der Waals surface area contributed by atoms with Crippen molar-refractivity contribution >= 4 is 5.52 Å². The predicted molar refractivity (Wildman–Crippen MR) is 70.1 cm³/mol. The molecule has 3 rings (SSSR count). The van der Waals surface area contributed by atoms with Gasteiger partial charge in [-0.25, -0.2) is 4.52 Å². The summed E-state index contributed by atoms with van der Waals surface area (Å²) in [5.41, 5.74) is 9.53. The Morgan fingerprint density at radius 3 is 2.94 bits per heavy atom. The Morgan fingerprint density at radius 1 is 1.17 bits per heavy atom. The highest BCUT2D eigenvalue weighted by molar-refractivity contribution is 5.54. The summed E-state index contributed by atoms with van der Waals surface area (Å²) in [6, 6.07) is 9.89. The second-order valence-corrected chi connectivity index (χ2v) is 4.30. The summed E-state index contributed by atoms with van der Waals surface area (Å²) in [6.07, 6.45) is 8.16. The summed E-state index contributed by atoms with van der Waals surface area (Å²) in [4.78, 5) is 4.10. The number of hydrogen-bond donors (Lipinski definition) is 1. The third kappa shape index (κ3) is 1.98. The first-order chi connectivity index (χ1) is 8.84. The smallest absolute Gasteiger partial charge is 0.0709 e. The molecule has 0 saturated heterocycles. The Morgan fingerprint density at radius 2 is 2.11 bits per heavy atom. The van der Waals surface area contributed by atoms with E-state index in [9.17, 15) is 0 Å². The molecule has 1 unspecified atom stereocenters. The maximum absolute atomic E-state index is 6.26. The van der Waals surface area contributed by atoms with Gasteiger partial charge in [0.25, 0.3) is 0 Å². The topological polar surface area (TPSA) is 56.2 Å². The zero-order valence-corrected chi connectivity index (χ0v) is 9.90. The summed E-state index contributed by atoms with van der Waals surface area (Å²) in [5.74, 6) is 0. The van der Waals surface area contributed by atoms with Crippen LogP contribution in [0.4, 0.5) is 0 Å². The normalized spacial score (nSPS) is 12.7. The molecule has 4 heteroatoms. The van der Waals surface area contributed by atoms with Gasteiger partial charge in [-0.05, 0) is 30.2 Å². The number of rotatable bonds is 3. The van der Waals surface area contributed by atoms with Crippen molar-refractivity contribution in [2.45, 2.75) is 12.5 Å². The number of pyridine rings is 2. The molecular weight excluding hydrogens is 224 g/mol. The van der Waals surface area contributed by atoms with Crippen molar-refractivity contribution in [2.75, 3.05) is 0 Å². The molecule has 0 spiro atoms. The third-order valence-electron chi connectivity index (χ3n) is 3.03. The Hall–Kier alpha value is -2.20. The summed E-state index contributed by atoms with van der Waals surface area (Å²) >= 11 is 0. The van der Waals surface area contributed by atoms with Crippen molar-refractivity contribution in [3.63, 3.8) is 0 Å². The first-order valence-corrected chi connectivity index (χ1v) is 5.91. The largest absolute Gasteiger partial charge is 0.324 e. The zero-order valence-electron chi connectivity index (χ0n) is 9.90. The van der Waals surface area contributed by atoms with Crippen molar-refractivity contribution < 1.29 is 0 Å². The molecule has 0 aliphatic carbocycles. The van der Waals surface area contributed by atoms with E-state index in [0.29, 0.717) is 0 Å². The van der Waals surface area contributed by atoms with Crippen LogP contribution in [0.5, 0.6) is 0 Å². The van der Waals surface area contributed by atoms with Crippen molar-refractivity contribution in [2.24, 2.45) is 5.73 Å². The number of hydrogen-bond acceptors (Lipinski definition) is 3. The molecular formula is C14H14N4. The van der Waals surface area contributed by atoms with E-state index >= 15 is 0 Å². The SMILES string of the molecule is NC(Cc1cccnc1)c1cnn2ccccc12. The number of nitrogens with two attached hydrogens (primary N) is 1. The van der Waals surface area contributed by atoms with Crippen LogP contribution in [0.15, 0.2) is 55.1 Å². The predicted octanol–water partition coefficient (Wildman–Crippen LogP) is 1.97. The molecule has 1 atom stereocenters. The molecule has 90 valence electrons. The second kappa shape index (κ2) is 4.58. The average molecular weight is 238 g/mol. The van der Waals surface area contributed by atoms with Crippen LogP contribution >= 0.6 is 0 Å². The van der Waals surface area contributed by atoms with Crippen LogP contribution in [0.1, 0.15) is 17.2 Å². The summed E-state index contributed by atoms with van der Waals surface area (Å²) in [5, 5.41) is 4.30. The number of fused-ring (bicyclic) bond motifs is 1. The van der Waals surface area contributed by atoms with E-state index in [-0.39, 0.29) is 6.04 Å². The average Bonchev–Trinajstić information content (AvgIpc) is 2.84.